The molecule has 2 nitrogen and oxygen atoms in total. The van der Waals surface area contributed by atoms with Gasteiger partial charge in [0, 0.05) is 19.6 Å². The average Bonchev–Trinajstić information content (AvgIpc) is 2.84. The Morgan fingerprint density at radius 2 is 1.33 bits per heavy atom. The Morgan fingerprint density at radius 3 is 1.88 bits per heavy atom. The van der Waals surface area contributed by atoms with Gasteiger partial charge in [0.1, 0.15) is 0 Å². The third kappa shape index (κ3) is 4.19. The molecule has 0 bridgehead atoms. The summed E-state index contributed by atoms with van der Waals surface area (Å²) in [5, 5.41) is 5.69. The molecule has 0 aromatic heterocycles. The van der Waals surface area contributed by atoms with Crippen molar-refractivity contribution in [1.82, 2.24) is 10.2 Å². The number of benzene rings is 2. The van der Waals surface area contributed by atoms with E-state index in [1.807, 2.05) is 36.4 Å². The largest absolute Gasteiger partial charge is 0.315 e. The summed E-state index contributed by atoms with van der Waals surface area (Å²) >= 11 is 24.7. The van der Waals surface area contributed by atoms with E-state index in [9.17, 15) is 0 Å². The van der Waals surface area contributed by atoms with E-state index in [0.717, 1.165) is 43.7 Å². The van der Waals surface area contributed by atoms with Gasteiger partial charge in [-0.15, -0.1) is 0 Å². The fraction of sp³-hybridized carbons (Fsp3) is 0.333. The van der Waals surface area contributed by atoms with Gasteiger partial charge in [0.15, 0.2) is 0 Å². The Hall–Kier alpha value is -0.480. The van der Waals surface area contributed by atoms with Crippen LogP contribution in [-0.4, -0.2) is 31.1 Å². The van der Waals surface area contributed by atoms with Crippen LogP contribution >= 0.6 is 46.4 Å². The maximum Gasteiger partial charge on any atom is 0.0603 e. The van der Waals surface area contributed by atoms with Crippen LogP contribution in [0.4, 0.5) is 0 Å². The van der Waals surface area contributed by atoms with Gasteiger partial charge >= 0.3 is 0 Å². The lowest BCUT2D eigenvalue weighted by molar-refractivity contribution is 0.241. The Balaban J connectivity index is 2.04. The average molecular weight is 404 g/mol. The molecule has 128 valence electrons. The molecule has 1 saturated heterocycles. The van der Waals surface area contributed by atoms with Gasteiger partial charge in [-0.05, 0) is 48.4 Å². The number of nitrogens with zero attached hydrogens (tertiary/aromatic N) is 1. The molecule has 24 heavy (non-hydrogen) atoms. The van der Waals surface area contributed by atoms with E-state index in [1.165, 1.54) is 0 Å². The molecule has 0 saturated carbocycles. The minimum Gasteiger partial charge on any atom is -0.315 e. The Morgan fingerprint density at radius 1 is 0.750 bits per heavy atom. The Labute approximate surface area is 162 Å². The zero-order valence-electron chi connectivity index (χ0n) is 13.0. The highest BCUT2D eigenvalue weighted by atomic mass is 35.5. The highest BCUT2D eigenvalue weighted by Gasteiger charge is 2.24. The van der Waals surface area contributed by atoms with Crippen molar-refractivity contribution in [2.45, 2.75) is 12.5 Å². The van der Waals surface area contributed by atoms with Crippen LogP contribution in [0.2, 0.25) is 20.1 Å². The van der Waals surface area contributed by atoms with Crippen LogP contribution in [0.15, 0.2) is 36.4 Å². The quantitative estimate of drug-likeness (QED) is 0.708. The number of hydrogen-bond acceptors (Lipinski definition) is 2. The van der Waals surface area contributed by atoms with Gasteiger partial charge in [0.05, 0.1) is 26.1 Å². The summed E-state index contributed by atoms with van der Waals surface area (Å²) < 4.78 is 0. The highest BCUT2D eigenvalue weighted by Crippen LogP contribution is 2.35. The zero-order chi connectivity index (χ0) is 17.1. The first-order valence-electron chi connectivity index (χ1n) is 7.91. The number of rotatable bonds is 3. The second kappa shape index (κ2) is 8.27. The van der Waals surface area contributed by atoms with Crippen molar-refractivity contribution in [3.05, 3.63) is 67.6 Å². The summed E-state index contributed by atoms with van der Waals surface area (Å²) in [6.07, 6.45) is 1.10. The summed E-state index contributed by atoms with van der Waals surface area (Å²) in [4.78, 5) is 2.44. The lowest BCUT2D eigenvalue weighted by Gasteiger charge is -2.31. The molecule has 3 rings (SSSR count). The van der Waals surface area contributed by atoms with Crippen LogP contribution in [0.1, 0.15) is 23.6 Å². The third-order valence-corrected chi connectivity index (χ3v) is 5.74. The van der Waals surface area contributed by atoms with Crippen LogP contribution in [0, 0.1) is 0 Å². The molecule has 0 amide bonds. The van der Waals surface area contributed by atoms with Gasteiger partial charge in [0.25, 0.3) is 0 Å². The fourth-order valence-corrected chi connectivity index (χ4v) is 3.72. The van der Waals surface area contributed by atoms with Crippen LogP contribution in [0.3, 0.4) is 0 Å². The molecule has 0 unspecified atom stereocenters. The zero-order valence-corrected chi connectivity index (χ0v) is 16.1. The Kier molecular flexibility index (Phi) is 6.31. The summed E-state index contributed by atoms with van der Waals surface area (Å²) in [6, 6.07) is 11.7. The minimum absolute atomic E-state index is 0.0643. The van der Waals surface area contributed by atoms with Gasteiger partial charge in [-0.1, -0.05) is 58.5 Å². The smallest absolute Gasteiger partial charge is 0.0603 e. The first-order chi connectivity index (χ1) is 11.6. The van der Waals surface area contributed by atoms with Crippen LogP contribution < -0.4 is 5.32 Å². The van der Waals surface area contributed by atoms with Crippen LogP contribution in [-0.2, 0) is 0 Å². The molecule has 1 aliphatic heterocycles. The summed E-state index contributed by atoms with van der Waals surface area (Å²) in [5.41, 5.74) is 2.20. The fourth-order valence-electron chi connectivity index (χ4n) is 3.10. The summed E-state index contributed by atoms with van der Waals surface area (Å²) in [6.45, 7) is 3.94. The summed E-state index contributed by atoms with van der Waals surface area (Å²) in [5.74, 6) is 0. The number of nitrogens with one attached hydrogen (secondary N) is 1. The Bertz CT molecular complexity index is 661. The second-order valence-corrected chi connectivity index (χ2v) is 7.52. The normalized spacial score (nSPS) is 16.4. The van der Waals surface area contributed by atoms with Crippen molar-refractivity contribution in [2.75, 3.05) is 26.2 Å². The highest BCUT2D eigenvalue weighted by molar-refractivity contribution is 6.42. The van der Waals surface area contributed by atoms with Gasteiger partial charge in [0.2, 0.25) is 0 Å². The molecular weight excluding hydrogens is 386 g/mol. The minimum atomic E-state index is 0.0643. The lowest BCUT2D eigenvalue weighted by Crippen LogP contribution is -2.33. The third-order valence-electron chi connectivity index (χ3n) is 4.26. The van der Waals surface area contributed by atoms with Crippen molar-refractivity contribution in [2.24, 2.45) is 0 Å². The van der Waals surface area contributed by atoms with E-state index in [-0.39, 0.29) is 6.04 Å². The molecule has 2 aromatic carbocycles. The molecule has 2 aromatic rings. The predicted molar refractivity (Wildman–Crippen MR) is 104 cm³/mol. The van der Waals surface area contributed by atoms with E-state index < -0.39 is 0 Å². The predicted octanol–water partition coefficient (Wildman–Crippen LogP) is 5.68. The second-order valence-electron chi connectivity index (χ2n) is 5.89. The standard InChI is InChI=1S/C18H18Cl4N2/c19-14-4-2-12(10-16(14)21)18(24-8-1-6-23-7-9-24)13-3-5-15(20)17(22)11-13/h2-5,10-11,18,23H,1,6-9H2. The van der Waals surface area contributed by atoms with E-state index in [1.54, 1.807) is 0 Å². The van der Waals surface area contributed by atoms with Gasteiger partial charge in [-0.3, -0.25) is 4.90 Å². The number of halogens is 4. The van der Waals surface area contributed by atoms with Crippen molar-refractivity contribution in [3.8, 4) is 0 Å². The van der Waals surface area contributed by atoms with Gasteiger partial charge < -0.3 is 5.32 Å². The topological polar surface area (TPSA) is 15.3 Å². The van der Waals surface area contributed by atoms with E-state index in [4.69, 9.17) is 46.4 Å². The maximum atomic E-state index is 6.26. The molecule has 0 aliphatic carbocycles. The molecule has 0 radical (unpaired) electrons. The molecule has 1 aliphatic rings. The maximum absolute atomic E-state index is 6.26. The van der Waals surface area contributed by atoms with Crippen molar-refractivity contribution in [3.63, 3.8) is 0 Å². The van der Waals surface area contributed by atoms with Gasteiger partial charge in [-0.25, -0.2) is 0 Å². The SMILES string of the molecule is Clc1ccc(C(c2ccc(Cl)c(Cl)c2)N2CCCNCC2)cc1Cl. The molecule has 6 heteroatoms. The van der Waals surface area contributed by atoms with E-state index in [0.29, 0.717) is 20.1 Å². The molecule has 1 fully saturated rings. The van der Waals surface area contributed by atoms with Crippen LogP contribution in [0.5, 0.6) is 0 Å². The molecule has 1 N–H and O–H groups in total. The molecule has 0 spiro atoms. The first kappa shape index (κ1) is 18.3. The first-order valence-corrected chi connectivity index (χ1v) is 9.42. The molecule has 1 heterocycles. The lowest BCUT2D eigenvalue weighted by atomic mass is 9.96. The number of hydrogen-bond donors (Lipinski definition) is 1. The van der Waals surface area contributed by atoms with Crippen LogP contribution in [0.25, 0.3) is 0 Å². The van der Waals surface area contributed by atoms with Crippen molar-refractivity contribution in [1.29, 1.82) is 0 Å². The van der Waals surface area contributed by atoms with Crippen molar-refractivity contribution < 1.29 is 0 Å². The monoisotopic (exact) mass is 402 g/mol. The van der Waals surface area contributed by atoms with Gasteiger partial charge in [-0.2, -0.15) is 0 Å². The van der Waals surface area contributed by atoms with E-state index in [2.05, 4.69) is 10.2 Å². The van der Waals surface area contributed by atoms with E-state index >= 15 is 0 Å². The summed E-state index contributed by atoms with van der Waals surface area (Å²) in [7, 11) is 0. The van der Waals surface area contributed by atoms with Crippen molar-refractivity contribution >= 4 is 46.4 Å². The molecule has 0 atom stereocenters. The molecular formula is C18H18Cl4N2.